The van der Waals surface area contributed by atoms with Gasteiger partial charge in [-0.05, 0) is 35.6 Å². The Balaban J connectivity index is 1.39. The molecule has 0 saturated carbocycles. The quantitative estimate of drug-likeness (QED) is 0.637. The first-order valence-electron chi connectivity index (χ1n) is 8.84. The van der Waals surface area contributed by atoms with Crippen molar-refractivity contribution in [2.75, 3.05) is 31.1 Å². The van der Waals surface area contributed by atoms with Crippen molar-refractivity contribution in [2.45, 2.75) is 12.8 Å². The average Bonchev–Trinajstić information content (AvgIpc) is 3.31. The summed E-state index contributed by atoms with van der Waals surface area (Å²) < 4.78 is 4.51. The van der Waals surface area contributed by atoms with Crippen molar-refractivity contribution in [3.05, 3.63) is 63.1 Å². The molecule has 4 rings (SSSR count). The van der Waals surface area contributed by atoms with Gasteiger partial charge >= 0.3 is 0 Å². The summed E-state index contributed by atoms with van der Waals surface area (Å²) in [6, 6.07) is 11.6. The van der Waals surface area contributed by atoms with E-state index in [0.717, 1.165) is 52.5 Å². The van der Waals surface area contributed by atoms with Gasteiger partial charge in [0.2, 0.25) is 5.13 Å². The number of nitrogens with zero attached hydrogens (tertiary/aromatic N) is 4. The molecule has 1 aliphatic rings. The number of amides is 1. The topological polar surface area (TPSA) is 49.3 Å². The van der Waals surface area contributed by atoms with Crippen molar-refractivity contribution in [3.63, 3.8) is 0 Å². The molecule has 1 aromatic carbocycles. The van der Waals surface area contributed by atoms with Gasteiger partial charge in [-0.1, -0.05) is 29.8 Å². The predicted octanol–water partition coefficient (Wildman–Crippen LogP) is 4.20. The van der Waals surface area contributed by atoms with Crippen LogP contribution in [-0.2, 0) is 6.42 Å². The van der Waals surface area contributed by atoms with E-state index in [1.165, 1.54) is 22.9 Å². The smallest absolute Gasteiger partial charge is 0.263 e. The fraction of sp³-hybridized carbons (Fsp3) is 0.316. The van der Waals surface area contributed by atoms with Crippen LogP contribution in [0.5, 0.6) is 0 Å². The minimum Gasteiger partial charge on any atom is -0.345 e. The van der Waals surface area contributed by atoms with Gasteiger partial charge < -0.3 is 9.80 Å². The van der Waals surface area contributed by atoms with E-state index in [1.54, 1.807) is 0 Å². The summed E-state index contributed by atoms with van der Waals surface area (Å²) in [5.74, 6) is 0.959. The Morgan fingerprint density at radius 2 is 1.96 bits per heavy atom. The fourth-order valence-corrected chi connectivity index (χ4v) is 4.65. The van der Waals surface area contributed by atoms with Crippen molar-refractivity contribution < 1.29 is 4.79 Å². The second kappa shape index (κ2) is 8.37. The Kier molecular flexibility index (Phi) is 5.71. The first kappa shape index (κ1) is 18.4. The molecule has 0 bridgehead atoms. The third-order valence-corrected chi connectivity index (χ3v) is 6.44. The standard InChI is InChI=1S/C19H19ClN4OS2/c20-15-6-4-14(5-7-15)13-17-21-19(27-22-17)24-9-2-8-23(10-11-24)18(25)16-3-1-12-26-16/h1,3-7,12H,2,8-11,13H2. The van der Waals surface area contributed by atoms with Gasteiger partial charge in [0, 0.05) is 49.2 Å². The number of carbonyl (C=O) groups excluding carboxylic acids is 1. The molecule has 3 aromatic rings. The van der Waals surface area contributed by atoms with E-state index in [4.69, 9.17) is 16.6 Å². The first-order valence-corrected chi connectivity index (χ1v) is 10.9. The Morgan fingerprint density at radius 1 is 1.11 bits per heavy atom. The molecule has 0 spiro atoms. The SMILES string of the molecule is O=C(c1cccs1)N1CCCN(c2nc(Cc3ccc(Cl)cc3)ns2)CC1. The Bertz CT molecular complexity index is 895. The summed E-state index contributed by atoms with van der Waals surface area (Å²) in [7, 11) is 0. The van der Waals surface area contributed by atoms with E-state index in [1.807, 2.05) is 46.7 Å². The van der Waals surface area contributed by atoms with Crippen molar-refractivity contribution in [1.82, 2.24) is 14.3 Å². The van der Waals surface area contributed by atoms with Crippen LogP contribution in [-0.4, -0.2) is 46.3 Å². The van der Waals surface area contributed by atoms with Crippen molar-refractivity contribution in [1.29, 1.82) is 0 Å². The van der Waals surface area contributed by atoms with Gasteiger partial charge in [0.15, 0.2) is 0 Å². The minimum atomic E-state index is 0.132. The number of carbonyl (C=O) groups is 1. The van der Waals surface area contributed by atoms with Crippen molar-refractivity contribution in [3.8, 4) is 0 Å². The zero-order valence-corrected chi connectivity index (χ0v) is 17.1. The van der Waals surface area contributed by atoms with E-state index < -0.39 is 0 Å². The van der Waals surface area contributed by atoms with Gasteiger partial charge in [-0.15, -0.1) is 11.3 Å². The maximum Gasteiger partial charge on any atom is 0.263 e. The molecule has 0 radical (unpaired) electrons. The van der Waals surface area contributed by atoms with E-state index in [0.29, 0.717) is 13.0 Å². The fourth-order valence-electron chi connectivity index (χ4n) is 3.10. The van der Waals surface area contributed by atoms with Crippen LogP contribution in [0.3, 0.4) is 0 Å². The molecule has 0 N–H and O–H groups in total. The van der Waals surface area contributed by atoms with Crippen molar-refractivity contribution >= 4 is 45.5 Å². The van der Waals surface area contributed by atoms with Crippen molar-refractivity contribution in [2.24, 2.45) is 0 Å². The lowest BCUT2D eigenvalue weighted by Crippen LogP contribution is -2.34. The summed E-state index contributed by atoms with van der Waals surface area (Å²) in [4.78, 5) is 22.3. The number of halogens is 1. The highest BCUT2D eigenvalue weighted by Crippen LogP contribution is 2.22. The second-order valence-corrected chi connectivity index (χ2v) is 8.52. The minimum absolute atomic E-state index is 0.132. The summed E-state index contributed by atoms with van der Waals surface area (Å²) in [5, 5.41) is 3.61. The van der Waals surface area contributed by atoms with Gasteiger partial charge in [0.1, 0.15) is 5.82 Å². The molecule has 3 heterocycles. The molecule has 0 aliphatic carbocycles. The number of benzene rings is 1. The molecule has 27 heavy (non-hydrogen) atoms. The molecule has 140 valence electrons. The largest absolute Gasteiger partial charge is 0.345 e. The monoisotopic (exact) mass is 418 g/mol. The van der Waals surface area contributed by atoms with Crippen LogP contribution in [0.4, 0.5) is 5.13 Å². The highest BCUT2D eigenvalue weighted by Gasteiger charge is 2.22. The number of hydrogen-bond acceptors (Lipinski definition) is 6. The molecule has 2 aromatic heterocycles. The molecule has 1 saturated heterocycles. The molecular weight excluding hydrogens is 400 g/mol. The normalized spacial score (nSPS) is 15.0. The van der Waals surface area contributed by atoms with Gasteiger partial charge in [-0.3, -0.25) is 4.79 Å². The maximum absolute atomic E-state index is 12.6. The van der Waals surface area contributed by atoms with Gasteiger partial charge in [0.25, 0.3) is 5.91 Å². The molecule has 1 amide bonds. The van der Waals surface area contributed by atoms with Gasteiger partial charge in [0.05, 0.1) is 4.88 Å². The van der Waals surface area contributed by atoms with Crippen LogP contribution < -0.4 is 4.90 Å². The number of anilines is 1. The average molecular weight is 419 g/mol. The lowest BCUT2D eigenvalue weighted by molar-refractivity contribution is 0.0772. The molecule has 0 atom stereocenters. The summed E-state index contributed by atoms with van der Waals surface area (Å²) in [6.45, 7) is 3.17. The van der Waals surface area contributed by atoms with Crippen LogP contribution in [0.25, 0.3) is 0 Å². The van der Waals surface area contributed by atoms with Gasteiger partial charge in [-0.25, -0.2) is 4.98 Å². The van der Waals surface area contributed by atoms with Crippen LogP contribution in [0.2, 0.25) is 5.02 Å². The second-order valence-electron chi connectivity index (χ2n) is 6.41. The third-order valence-electron chi connectivity index (χ3n) is 4.52. The summed E-state index contributed by atoms with van der Waals surface area (Å²) in [6.07, 6.45) is 1.63. The molecule has 0 unspecified atom stereocenters. The highest BCUT2D eigenvalue weighted by atomic mass is 35.5. The van der Waals surface area contributed by atoms with Crippen LogP contribution in [0, 0.1) is 0 Å². The van der Waals surface area contributed by atoms with Gasteiger partial charge in [-0.2, -0.15) is 4.37 Å². The van der Waals surface area contributed by atoms with E-state index >= 15 is 0 Å². The molecule has 1 aliphatic heterocycles. The lowest BCUT2D eigenvalue weighted by atomic mass is 10.1. The van der Waals surface area contributed by atoms with Crippen LogP contribution in [0.15, 0.2) is 41.8 Å². The van der Waals surface area contributed by atoms with E-state index in [-0.39, 0.29) is 5.91 Å². The lowest BCUT2D eigenvalue weighted by Gasteiger charge is -2.20. The number of aromatic nitrogens is 2. The highest BCUT2D eigenvalue weighted by molar-refractivity contribution is 7.12. The Labute approximate surface area is 171 Å². The Morgan fingerprint density at radius 3 is 2.74 bits per heavy atom. The first-order chi connectivity index (χ1) is 13.2. The third kappa shape index (κ3) is 4.48. The molecule has 8 heteroatoms. The van der Waals surface area contributed by atoms with E-state index in [2.05, 4.69) is 9.27 Å². The number of thiophene rings is 1. The molecule has 5 nitrogen and oxygen atoms in total. The zero-order valence-electron chi connectivity index (χ0n) is 14.7. The van der Waals surface area contributed by atoms with E-state index in [9.17, 15) is 4.79 Å². The predicted molar refractivity (Wildman–Crippen MR) is 111 cm³/mol. The number of rotatable bonds is 4. The zero-order chi connectivity index (χ0) is 18.6. The van der Waals surface area contributed by atoms with Crippen LogP contribution >= 0.6 is 34.5 Å². The Hall–Kier alpha value is -1.96. The summed E-state index contributed by atoms with van der Waals surface area (Å²) >= 11 is 8.87. The van der Waals surface area contributed by atoms with Crippen LogP contribution in [0.1, 0.15) is 27.5 Å². The summed E-state index contributed by atoms with van der Waals surface area (Å²) in [5.41, 5.74) is 1.15. The maximum atomic E-state index is 12.6. The molecular formula is C19H19ClN4OS2. The molecule has 1 fully saturated rings. The number of hydrogen-bond donors (Lipinski definition) is 0.